The van der Waals surface area contributed by atoms with Crippen LogP contribution in [0.15, 0.2) is 23.6 Å². The molecule has 2 unspecified atom stereocenters. The zero-order chi connectivity index (χ0) is 20.1. The van der Waals surface area contributed by atoms with Gasteiger partial charge < -0.3 is 15.1 Å². The number of phenols is 1. The molecular formula is C17H13ClF3NO4S. The van der Waals surface area contributed by atoms with Crippen molar-refractivity contribution in [1.82, 2.24) is 0 Å². The SMILES string of the molecule is CC1C(CC(=O)O)c2c(ccc(O)c2Cl)N1C(=O)c1csc(C(F)(F)F)c1. The molecule has 5 nitrogen and oxygen atoms in total. The molecule has 1 amide bonds. The van der Waals surface area contributed by atoms with E-state index >= 15 is 0 Å². The molecule has 27 heavy (non-hydrogen) atoms. The Bertz CT molecular complexity index is 927. The van der Waals surface area contributed by atoms with Crippen LogP contribution < -0.4 is 4.90 Å². The standard InChI is InChI=1S/C17H13ClF3NO4S/c1-7-9(5-13(24)25)14-10(2-3-11(23)15(14)18)22(7)16(26)8-4-12(27-6-8)17(19,20)21/h2-4,6-7,9,23H,5H2,1H3,(H,24,25). The van der Waals surface area contributed by atoms with Crippen molar-refractivity contribution in [2.45, 2.75) is 31.5 Å². The van der Waals surface area contributed by atoms with Gasteiger partial charge in [-0.25, -0.2) is 0 Å². The van der Waals surface area contributed by atoms with E-state index in [2.05, 4.69) is 0 Å². The first-order chi connectivity index (χ1) is 12.5. The maximum absolute atomic E-state index is 12.9. The molecule has 0 aliphatic carbocycles. The molecular weight excluding hydrogens is 407 g/mol. The molecule has 0 saturated carbocycles. The second-order valence-corrected chi connectivity index (χ2v) is 7.44. The number of halogens is 4. The number of amides is 1. The van der Waals surface area contributed by atoms with Crippen LogP contribution in [0.3, 0.4) is 0 Å². The number of hydrogen-bond acceptors (Lipinski definition) is 4. The topological polar surface area (TPSA) is 77.8 Å². The highest BCUT2D eigenvalue weighted by Gasteiger charge is 2.43. The number of rotatable bonds is 3. The third-order valence-electron chi connectivity index (χ3n) is 4.50. The van der Waals surface area contributed by atoms with Gasteiger partial charge in [0.2, 0.25) is 0 Å². The number of nitrogens with zero attached hydrogens (tertiary/aromatic N) is 1. The number of carbonyl (C=O) groups is 2. The number of carboxylic acid groups (broad SMARTS) is 1. The van der Waals surface area contributed by atoms with E-state index in [9.17, 15) is 33.0 Å². The zero-order valence-electron chi connectivity index (χ0n) is 13.7. The van der Waals surface area contributed by atoms with Gasteiger partial charge in [-0.2, -0.15) is 13.2 Å². The molecule has 2 atom stereocenters. The van der Waals surface area contributed by atoms with Crippen LogP contribution in [-0.4, -0.2) is 28.1 Å². The normalized spacial score (nSPS) is 19.2. The van der Waals surface area contributed by atoms with Crippen LogP contribution in [0.2, 0.25) is 5.02 Å². The second kappa shape index (κ2) is 6.72. The Kier molecular flexibility index (Phi) is 4.85. The van der Waals surface area contributed by atoms with Crippen LogP contribution in [0.4, 0.5) is 18.9 Å². The van der Waals surface area contributed by atoms with E-state index in [4.69, 9.17) is 11.6 Å². The van der Waals surface area contributed by atoms with E-state index in [-0.39, 0.29) is 28.4 Å². The lowest BCUT2D eigenvalue weighted by Crippen LogP contribution is -2.37. The molecule has 1 aromatic carbocycles. The second-order valence-electron chi connectivity index (χ2n) is 6.15. The molecule has 2 aromatic rings. The average molecular weight is 420 g/mol. The molecule has 0 bridgehead atoms. The van der Waals surface area contributed by atoms with Crippen molar-refractivity contribution in [2.75, 3.05) is 4.90 Å². The number of carbonyl (C=O) groups excluding carboxylic acids is 1. The minimum Gasteiger partial charge on any atom is -0.506 e. The minimum atomic E-state index is -4.56. The summed E-state index contributed by atoms with van der Waals surface area (Å²) in [6.45, 7) is 1.59. The first kappa shape index (κ1) is 19.5. The minimum absolute atomic E-state index is 0.0674. The summed E-state index contributed by atoms with van der Waals surface area (Å²) in [5.41, 5.74) is 0.429. The summed E-state index contributed by atoms with van der Waals surface area (Å²) in [5, 5.41) is 20.1. The summed E-state index contributed by atoms with van der Waals surface area (Å²) in [4.78, 5) is 24.5. The van der Waals surface area contributed by atoms with Crippen LogP contribution in [0.5, 0.6) is 5.75 Å². The Morgan fingerprint density at radius 2 is 2.00 bits per heavy atom. The van der Waals surface area contributed by atoms with Gasteiger partial charge >= 0.3 is 12.1 Å². The number of benzene rings is 1. The van der Waals surface area contributed by atoms with Gasteiger partial charge in [0.25, 0.3) is 5.91 Å². The molecule has 2 heterocycles. The number of anilines is 1. The van der Waals surface area contributed by atoms with E-state index in [0.29, 0.717) is 16.9 Å². The highest BCUT2D eigenvalue weighted by Crippen LogP contribution is 2.49. The van der Waals surface area contributed by atoms with Crippen molar-refractivity contribution < 1.29 is 33.0 Å². The van der Waals surface area contributed by atoms with E-state index in [1.807, 2.05) is 0 Å². The lowest BCUT2D eigenvalue weighted by atomic mass is 9.92. The van der Waals surface area contributed by atoms with Crippen LogP contribution in [0.1, 0.15) is 40.1 Å². The molecule has 0 spiro atoms. The summed E-state index contributed by atoms with van der Waals surface area (Å²) in [5.74, 6) is -2.78. The Labute approximate surface area is 160 Å². The van der Waals surface area contributed by atoms with Crippen molar-refractivity contribution in [3.05, 3.63) is 44.6 Å². The maximum atomic E-state index is 12.9. The third kappa shape index (κ3) is 3.37. The monoisotopic (exact) mass is 419 g/mol. The number of carboxylic acids is 1. The Balaban J connectivity index is 2.06. The fourth-order valence-corrected chi connectivity index (χ4v) is 4.32. The number of hydrogen-bond donors (Lipinski definition) is 2. The third-order valence-corrected chi connectivity index (χ3v) is 5.87. The summed E-state index contributed by atoms with van der Waals surface area (Å²) < 4.78 is 38.5. The van der Waals surface area contributed by atoms with Gasteiger partial charge in [0.05, 0.1) is 17.0 Å². The lowest BCUT2D eigenvalue weighted by molar-refractivity contribution is -0.137. The molecule has 1 aromatic heterocycles. The number of aromatic hydroxyl groups is 1. The molecule has 10 heteroatoms. The smallest absolute Gasteiger partial charge is 0.425 e. The molecule has 1 aliphatic rings. The van der Waals surface area contributed by atoms with Crippen LogP contribution >= 0.6 is 22.9 Å². The molecule has 3 rings (SSSR count). The quantitative estimate of drug-likeness (QED) is 0.753. The number of thiophene rings is 1. The largest absolute Gasteiger partial charge is 0.506 e. The number of fused-ring (bicyclic) bond motifs is 1. The summed E-state index contributed by atoms with van der Waals surface area (Å²) >= 11 is 6.54. The molecule has 0 radical (unpaired) electrons. The van der Waals surface area contributed by atoms with Crippen molar-refractivity contribution >= 4 is 40.5 Å². The van der Waals surface area contributed by atoms with Gasteiger partial charge in [-0.05, 0) is 25.1 Å². The van der Waals surface area contributed by atoms with Gasteiger partial charge in [-0.1, -0.05) is 11.6 Å². The predicted octanol–water partition coefficient (Wildman–Crippen LogP) is 4.73. The average Bonchev–Trinajstić information content (AvgIpc) is 3.15. The number of aliphatic carboxylic acids is 1. The first-order valence-electron chi connectivity index (χ1n) is 7.74. The molecule has 0 fully saturated rings. The van der Waals surface area contributed by atoms with Gasteiger partial charge in [0.15, 0.2) is 0 Å². The van der Waals surface area contributed by atoms with E-state index in [0.717, 1.165) is 11.4 Å². The van der Waals surface area contributed by atoms with Gasteiger partial charge in [-0.15, -0.1) is 11.3 Å². The van der Waals surface area contributed by atoms with Gasteiger partial charge in [0, 0.05) is 28.6 Å². The highest BCUT2D eigenvalue weighted by atomic mass is 35.5. The van der Waals surface area contributed by atoms with E-state index < -0.39 is 34.9 Å². The Morgan fingerprint density at radius 1 is 1.33 bits per heavy atom. The zero-order valence-corrected chi connectivity index (χ0v) is 15.3. The van der Waals surface area contributed by atoms with Crippen molar-refractivity contribution in [3.63, 3.8) is 0 Å². The molecule has 2 N–H and O–H groups in total. The molecule has 1 aliphatic heterocycles. The maximum Gasteiger partial charge on any atom is 0.425 e. The predicted molar refractivity (Wildman–Crippen MR) is 93.7 cm³/mol. The van der Waals surface area contributed by atoms with Gasteiger partial charge in [0.1, 0.15) is 10.6 Å². The Morgan fingerprint density at radius 3 is 2.56 bits per heavy atom. The number of alkyl halides is 3. The first-order valence-corrected chi connectivity index (χ1v) is 9.00. The molecule has 144 valence electrons. The van der Waals surface area contributed by atoms with Crippen LogP contribution in [-0.2, 0) is 11.0 Å². The van der Waals surface area contributed by atoms with E-state index in [1.54, 1.807) is 6.92 Å². The highest BCUT2D eigenvalue weighted by molar-refractivity contribution is 7.10. The van der Waals surface area contributed by atoms with Crippen LogP contribution in [0, 0.1) is 0 Å². The van der Waals surface area contributed by atoms with E-state index in [1.165, 1.54) is 17.0 Å². The van der Waals surface area contributed by atoms with Crippen molar-refractivity contribution in [1.29, 1.82) is 0 Å². The van der Waals surface area contributed by atoms with Crippen LogP contribution in [0.25, 0.3) is 0 Å². The lowest BCUT2D eigenvalue weighted by Gasteiger charge is -2.24. The summed E-state index contributed by atoms with van der Waals surface area (Å²) in [7, 11) is 0. The summed E-state index contributed by atoms with van der Waals surface area (Å²) in [6, 6.07) is 2.76. The number of phenolic OH excluding ortho intramolecular Hbond substituents is 1. The summed E-state index contributed by atoms with van der Waals surface area (Å²) in [6.07, 6.45) is -4.91. The van der Waals surface area contributed by atoms with Crippen molar-refractivity contribution in [2.24, 2.45) is 0 Å². The van der Waals surface area contributed by atoms with Crippen molar-refractivity contribution in [3.8, 4) is 5.75 Å². The van der Waals surface area contributed by atoms with Gasteiger partial charge in [-0.3, -0.25) is 9.59 Å². The molecule has 0 saturated heterocycles. The Hall–Kier alpha value is -2.26. The fraction of sp³-hybridized carbons (Fsp3) is 0.294. The fourth-order valence-electron chi connectivity index (χ4n) is 3.27.